The summed E-state index contributed by atoms with van der Waals surface area (Å²) in [6.07, 6.45) is 3.02. The quantitative estimate of drug-likeness (QED) is 0.0741. The van der Waals surface area contributed by atoms with Crippen molar-refractivity contribution in [3.05, 3.63) is 32.9 Å². The lowest BCUT2D eigenvalue weighted by molar-refractivity contribution is -0.135. The van der Waals surface area contributed by atoms with E-state index in [-0.39, 0.29) is 19.4 Å². The minimum Gasteiger partial charge on any atom is -0.390 e. The molecule has 256 valence electrons. The van der Waals surface area contributed by atoms with Crippen molar-refractivity contribution in [2.24, 2.45) is 0 Å². The number of aliphatic hydroxyl groups excluding tert-OH is 1. The van der Waals surface area contributed by atoms with Crippen LogP contribution in [0.5, 0.6) is 0 Å². The van der Waals surface area contributed by atoms with E-state index in [9.17, 15) is 41.7 Å². The van der Waals surface area contributed by atoms with E-state index in [0.29, 0.717) is 32.3 Å². The van der Waals surface area contributed by atoms with Gasteiger partial charge in [0.15, 0.2) is 0 Å². The van der Waals surface area contributed by atoms with E-state index < -0.39 is 62.0 Å². The highest BCUT2D eigenvalue weighted by molar-refractivity contribution is 7.47. The van der Waals surface area contributed by atoms with Crippen LogP contribution in [-0.2, 0) is 23.1 Å². The summed E-state index contributed by atoms with van der Waals surface area (Å²) in [4.78, 5) is 35.0. The van der Waals surface area contributed by atoms with Gasteiger partial charge in [-0.15, -0.1) is 0 Å². The molecule has 0 aromatic carbocycles. The molecule has 2 rings (SSSR count). The Morgan fingerprint density at radius 2 is 1.52 bits per heavy atom. The van der Waals surface area contributed by atoms with E-state index in [0.717, 1.165) is 68.8 Å². The molecule has 3 N–H and O–H groups in total. The first-order valence-corrected chi connectivity index (χ1v) is 16.9. The number of hydrogen-bond acceptors (Lipinski definition) is 8. The molecule has 0 radical (unpaired) electrons. The summed E-state index contributed by atoms with van der Waals surface area (Å²) < 4.78 is 84.1. The molecule has 0 aliphatic carbocycles. The normalized spacial score (nSPS) is 21.0. The molecule has 0 spiro atoms. The summed E-state index contributed by atoms with van der Waals surface area (Å²) in [6, 6.07) is 0. The number of alkyl halides is 3. The number of aromatic nitrogens is 2. The zero-order chi connectivity index (χ0) is 32.6. The number of H-pyrrole nitrogens is 1. The number of phosphoric ester groups is 1. The fourth-order valence-electron chi connectivity index (χ4n) is 4.99. The fourth-order valence-corrected chi connectivity index (χ4v) is 5.95. The van der Waals surface area contributed by atoms with Gasteiger partial charge in [-0.2, -0.15) is 17.6 Å². The molecule has 1 aromatic heterocycles. The largest absolute Gasteiger partial charge is 0.472 e. The van der Waals surface area contributed by atoms with Crippen LogP contribution in [0.1, 0.15) is 109 Å². The average Bonchev–Trinajstić information content (AvgIpc) is 3.32. The van der Waals surface area contributed by atoms with Crippen LogP contribution >= 0.6 is 7.82 Å². The van der Waals surface area contributed by atoms with Gasteiger partial charge >= 0.3 is 19.7 Å². The zero-order valence-electron chi connectivity index (χ0n) is 25.3. The van der Waals surface area contributed by atoms with Crippen LogP contribution in [0.15, 0.2) is 15.8 Å². The van der Waals surface area contributed by atoms with Crippen molar-refractivity contribution in [1.82, 2.24) is 9.55 Å². The highest BCUT2D eigenvalue weighted by Crippen LogP contribution is 2.46. The summed E-state index contributed by atoms with van der Waals surface area (Å²) >= 11 is 0. The monoisotopic (exact) mass is 662 g/mol. The second-order valence-electron chi connectivity index (χ2n) is 11.2. The van der Waals surface area contributed by atoms with E-state index >= 15 is 0 Å². The maximum Gasteiger partial charge on any atom is 0.472 e. The predicted octanol–water partition coefficient (Wildman–Crippen LogP) is 5.89. The van der Waals surface area contributed by atoms with Gasteiger partial charge in [0.1, 0.15) is 12.3 Å². The number of nitrogens with zero attached hydrogens (tertiary/aromatic N) is 1. The van der Waals surface area contributed by atoms with Gasteiger partial charge in [-0.3, -0.25) is 23.4 Å². The number of halogens is 4. The average molecular weight is 663 g/mol. The predicted molar refractivity (Wildman–Crippen MR) is 154 cm³/mol. The standard InChI is InChI=1S/C28H47F4N2O9P/c1-21(25-23(35)19-24(42-25)34-20-22(29)26(36)33-27(34)37)43-44(38,39)41-18-14-17-40-16-13-11-9-7-5-3-2-4-6-8-10-12-15-28(30,31)32/h20-21,23-25,35H,2-19H2,1H3,(H,38,39)(H,33,36,37). The van der Waals surface area contributed by atoms with Gasteiger partial charge in [0.05, 0.1) is 25.0 Å². The van der Waals surface area contributed by atoms with E-state index in [2.05, 4.69) is 0 Å². The van der Waals surface area contributed by atoms with E-state index in [1.165, 1.54) is 6.92 Å². The molecule has 0 saturated carbocycles. The molecular weight excluding hydrogens is 615 g/mol. The van der Waals surface area contributed by atoms with Gasteiger partial charge in [0, 0.05) is 26.1 Å². The lowest BCUT2D eigenvalue weighted by Gasteiger charge is -2.24. The van der Waals surface area contributed by atoms with E-state index in [1.54, 1.807) is 4.98 Å². The van der Waals surface area contributed by atoms with Crippen molar-refractivity contribution in [1.29, 1.82) is 0 Å². The SMILES string of the molecule is CC(OP(=O)(O)OCCCOCCCCCCCCCCCCCCC(F)(F)F)C1OC(n2cc(F)c(=O)[nH]c2=O)CC1O. The first-order valence-electron chi connectivity index (χ1n) is 15.4. The number of ether oxygens (including phenoxy) is 2. The number of phosphoric acid groups is 1. The molecule has 1 fully saturated rings. The van der Waals surface area contributed by atoms with Crippen LogP contribution in [0, 0.1) is 5.82 Å². The number of hydrogen-bond donors (Lipinski definition) is 3. The van der Waals surface area contributed by atoms with Gasteiger partial charge in [-0.25, -0.2) is 9.36 Å². The molecule has 0 bridgehead atoms. The molecular formula is C28H47F4N2O9P. The maximum atomic E-state index is 13.6. The Balaban J connectivity index is 1.45. The highest BCUT2D eigenvalue weighted by atomic mass is 31.2. The van der Waals surface area contributed by atoms with Crippen molar-refractivity contribution in [3.63, 3.8) is 0 Å². The molecule has 2 heterocycles. The van der Waals surface area contributed by atoms with Crippen molar-refractivity contribution in [2.45, 2.75) is 134 Å². The molecule has 1 aliphatic rings. The molecule has 44 heavy (non-hydrogen) atoms. The minimum atomic E-state index is -4.50. The molecule has 11 nitrogen and oxygen atoms in total. The van der Waals surface area contributed by atoms with Crippen LogP contribution < -0.4 is 11.2 Å². The molecule has 1 aliphatic heterocycles. The van der Waals surface area contributed by atoms with Crippen LogP contribution in [0.25, 0.3) is 0 Å². The third-order valence-corrected chi connectivity index (χ3v) is 8.43. The van der Waals surface area contributed by atoms with Crippen LogP contribution in [0.3, 0.4) is 0 Å². The third-order valence-electron chi connectivity index (χ3n) is 7.32. The lowest BCUT2D eigenvalue weighted by Crippen LogP contribution is -2.35. The van der Waals surface area contributed by atoms with Gasteiger partial charge in [0.2, 0.25) is 5.82 Å². The van der Waals surface area contributed by atoms with Crippen LogP contribution in [0.4, 0.5) is 17.6 Å². The molecule has 5 atom stereocenters. The Bertz CT molecular complexity index is 1120. The second-order valence-corrected chi connectivity index (χ2v) is 12.6. The fraction of sp³-hybridized carbons (Fsp3) is 0.857. The number of aliphatic hydroxyl groups is 1. The Morgan fingerprint density at radius 1 is 0.977 bits per heavy atom. The van der Waals surface area contributed by atoms with Gasteiger partial charge in [0.25, 0.3) is 5.56 Å². The first-order chi connectivity index (χ1) is 20.8. The Hall–Kier alpha value is -1.61. The van der Waals surface area contributed by atoms with Crippen molar-refractivity contribution in [2.75, 3.05) is 19.8 Å². The second kappa shape index (κ2) is 19.8. The lowest BCUT2D eigenvalue weighted by atomic mass is 10.0. The number of unbranched alkanes of at least 4 members (excludes halogenated alkanes) is 11. The smallest absolute Gasteiger partial charge is 0.390 e. The number of aromatic amines is 1. The van der Waals surface area contributed by atoms with Gasteiger partial charge in [-0.1, -0.05) is 64.2 Å². The Morgan fingerprint density at radius 3 is 2.11 bits per heavy atom. The molecule has 16 heteroatoms. The topological polar surface area (TPSA) is 149 Å². The van der Waals surface area contributed by atoms with Crippen LogP contribution in [0.2, 0.25) is 0 Å². The molecule has 0 amide bonds. The summed E-state index contributed by atoms with van der Waals surface area (Å²) in [5.74, 6) is -1.20. The molecule has 5 unspecified atom stereocenters. The number of rotatable bonds is 23. The van der Waals surface area contributed by atoms with E-state index in [1.807, 2.05) is 0 Å². The Kier molecular flexibility index (Phi) is 17.4. The zero-order valence-corrected chi connectivity index (χ0v) is 26.2. The summed E-state index contributed by atoms with van der Waals surface area (Å²) in [5, 5.41) is 10.3. The number of nitrogens with one attached hydrogen (secondary N) is 1. The minimum absolute atomic E-state index is 0.100. The third kappa shape index (κ3) is 15.6. The maximum absolute atomic E-state index is 13.6. The van der Waals surface area contributed by atoms with Crippen molar-refractivity contribution < 1.29 is 50.6 Å². The van der Waals surface area contributed by atoms with E-state index in [4.69, 9.17) is 18.5 Å². The van der Waals surface area contributed by atoms with Crippen molar-refractivity contribution >= 4 is 7.82 Å². The summed E-state index contributed by atoms with van der Waals surface area (Å²) in [6.45, 7) is 2.19. The van der Waals surface area contributed by atoms with Crippen LogP contribution in [-0.4, -0.2) is 63.9 Å². The highest BCUT2D eigenvalue weighted by Gasteiger charge is 2.42. The van der Waals surface area contributed by atoms with Gasteiger partial charge in [-0.05, 0) is 26.2 Å². The molecule has 1 aromatic rings. The summed E-state index contributed by atoms with van der Waals surface area (Å²) in [5.41, 5.74) is -2.11. The first kappa shape index (κ1) is 38.6. The molecule has 1 saturated heterocycles. The van der Waals surface area contributed by atoms with Crippen molar-refractivity contribution in [3.8, 4) is 0 Å². The summed E-state index contributed by atoms with van der Waals surface area (Å²) in [7, 11) is -4.50. The van der Waals surface area contributed by atoms with Gasteiger partial charge < -0.3 is 19.5 Å². The Labute approximate surface area is 254 Å².